The van der Waals surface area contributed by atoms with E-state index < -0.39 is 0 Å². The zero-order valence-electron chi connectivity index (χ0n) is 10.1. The van der Waals surface area contributed by atoms with Crippen molar-refractivity contribution in [3.63, 3.8) is 0 Å². The van der Waals surface area contributed by atoms with Crippen LogP contribution in [-0.2, 0) is 4.74 Å². The van der Waals surface area contributed by atoms with Crippen molar-refractivity contribution >= 4 is 28.9 Å². The Morgan fingerprint density at radius 3 is 2.89 bits per heavy atom. The number of hydrogen-bond acceptors (Lipinski definition) is 3. The summed E-state index contributed by atoms with van der Waals surface area (Å²) in [6.07, 6.45) is 2.73. The predicted octanol–water partition coefficient (Wildman–Crippen LogP) is 3.27. The molecule has 0 radical (unpaired) electrons. The maximum absolute atomic E-state index is 6.17. The van der Waals surface area contributed by atoms with Gasteiger partial charge in [-0.25, -0.2) is 4.68 Å². The minimum absolute atomic E-state index is 0.271. The lowest BCUT2D eigenvalue weighted by molar-refractivity contribution is 0.193. The van der Waals surface area contributed by atoms with Crippen LogP contribution in [0.4, 0.5) is 5.69 Å². The average Bonchev–Trinajstić information content (AvgIpc) is 2.98. The Hall–Kier alpha value is -1.23. The Morgan fingerprint density at radius 2 is 2.21 bits per heavy atom. The van der Waals surface area contributed by atoms with Gasteiger partial charge in [-0.3, -0.25) is 0 Å². The minimum Gasteiger partial charge on any atom is -0.396 e. The van der Waals surface area contributed by atoms with Crippen LogP contribution in [0.15, 0.2) is 24.4 Å². The summed E-state index contributed by atoms with van der Waals surface area (Å²) in [5.74, 6) is 0.271. The van der Waals surface area contributed by atoms with Gasteiger partial charge >= 0.3 is 0 Å². The number of halogens is 2. The standard InChI is InChI=1S/C13H13Cl2N3O/c14-9-1-2-12(10(15)5-9)18-6-11(16)13(17-18)8-3-4-19-7-8/h1-2,5-6,8H,3-4,7,16H2. The first-order chi connectivity index (χ1) is 9.15. The van der Waals surface area contributed by atoms with Crippen molar-refractivity contribution in [1.29, 1.82) is 0 Å². The van der Waals surface area contributed by atoms with Gasteiger partial charge in [-0.05, 0) is 24.6 Å². The summed E-state index contributed by atoms with van der Waals surface area (Å²) in [5.41, 5.74) is 8.34. The molecule has 1 aliphatic heterocycles. The van der Waals surface area contributed by atoms with Crippen molar-refractivity contribution in [2.75, 3.05) is 18.9 Å². The third kappa shape index (κ3) is 2.43. The highest BCUT2D eigenvalue weighted by atomic mass is 35.5. The van der Waals surface area contributed by atoms with Crippen molar-refractivity contribution in [1.82, 2.24) is 9.78 Å². The first-order valence-corrected chi connectivity index (χ1v) is 6.79. The topological polar surface area (TPSA) is 53.1 Å². The molecule has 1 aromatic heterocycles. The molecule has 1 atom stereocenters. The summed E-state index contributed by atoms with van der Waals surface area (Å²) in [5, 5.41) is 5.68. The van der Waals surface area contributed by atoms with E-state index in [0.717, 1.165) is 24.4 Å². The molecule has 2 heterocycles. The van der Waals surface area contributed by atoms with Gasteiger partial charge in [0.15, 0.2) is 0 Å². The van der Waals surface area contributed by atoms with Crippen LogP contribution in [0, 0.1) is 0 Å². The van der Waals surface area contributed by atoms with Gasteiger partial charge in [-0.1, -0.05) is 23.2 Å². The SMILES string of the molecule is Nc1cn(-c2ccc(Cl)cc2Cl)nc1C1CCOC1. The van der Waals surface area contributed by atoms with Gasteiger partial charge in [-0.2, -0.15) is 5.10 Å². The monoisotopic (exact) mass is 297 g/mol. The van der Waals surface area contributed by atoms with Gasteiger partial charge in [0, 0.05) is 17.5 Å². The van der Waals surface area contributed by atoms with E-state index in [0.29, 0.717) is 22.3 Å². The Kier molecular flexibility index (Phi) is 3.39. The molecule has 0 spiro atoms. The molecule has 0 amide bonds. The van der Waals surface area contributed by atoms with Crippen molar-refractivity contribution in [3.8, 4) is 5.69 Å². The molecule has 3 rings (SSSR count). The number of aromatic nitrogens is 2. The van der Waals surface area contributed by atoms with E-state index in [1.54, 1.807) is 23.0 Å². The predicted molar refractivity (Wildman–Crippen MR) is 76.2 cm³/mol. The van der Waals surface area contributed by atoms with E-state index in [9.17, 15) is 0 Å². The molecule has 1 saturated heterocycles. The first-order valence-electron chi connectivity index (χ1n) is 6.03. The highest BCUT2D eigenvalue weighted by Crippen LogP contribution is 2.30. The second kappa shape index (κ2) is 5.04. The average molecular weight is 298 g/mol. The van der Waals surface area contributed by atoms with Crippen LogP contribution >= 0.6 is 23.2 Å². The zero-order valence-corrected chi connectivity index (χ0v) is 11.7. The second-order valence-corrected chi connectivity index (χ2v) is 5.41. The van der Waals surface area contributed by atoms with Crippen LogP contribution in [0.25, 0.3) is 5.69 Å². The molecule has 1 aromatic carbocycles. The molecule has 2 N–H and O–H groups in total. The maximum Gasteiger partial charge on any atom is 0.0912 e. The van der Waals surface area contributed by atoms with Crippen LogP contribution in [0.3, 0.4) is 0 Å². The Morgan fingerprint density at radius 1 is 1.37 bits per heavy atom. The highest BCUT2D eigenvalue weighted by Gasteiger charge is 2.23. The number of nitrogens with two attached hydrogens (primary N) is 1. The fraction of sp³-hybridized carbons (Fsp3) is 0.308. The number of benzene rings is 1. The van der Waals surface area contributed by atoms with Crippen LogP contribution in [0.1, 0.15) is 18.0 Å². The van der Waals surface area contributed by atoms with Gasteiger partial charge in [-0.15, -0.1) is 0 Å². The molecule has 1 aliphatic rings. The fourth-order valence-corrected chi connectivity index (χ4v) is 2.75. The molecular formula is C13H13Cl2N3O. The third-order valence-corrected chi connectivity index (χ3v) is 3.78. The molecule has 1 fully saturated rings. The molecule has 19 heavy (non-hydrogen) atoms. The third-order valence-electron chi connectivity index (χ3n) is 3.25. The second-order valence-electron chi connectivity index (χ2n) is 4.57. The van der Waals surface area contributed by atoms with E-state index in [4.69, 9.17) is 33.7 Å². The number of hydrogen-bond donors (Lipinski definition) is 1. The summed E-state index contributed by atoms with van der Waals surface area (Å²) >= 11 is 12.1. The summed E-state index contributed by atoms with van der Waals surface area (Å²) < 4.78 is 7.07. The lowest BCUT2D eigenvalue weighted by Gasteiger charge is -2.06. The number of ether oxygens (including phenoxy) is 1. The van der Waals surface area contributed by atoms with Crippen LogP contribution < -0.4 is 5.73 Å². The van der Waals surface area contributed by atoms with Crippen LogP contribution in [-0.4, -0.2) is 23.0 Å². The van der Waals surface area contributed by atoms with Crippen LogP contribution in [0.2, 0.25) is 10.0 Å². The van der Waals surface area contributed by atoms with Crippen molar-refractivity contribution in [3.05, 3.63) is 40.1 Å². The molecule has 2 aromatic rings. The molecule has 1 unspecified atom stereocenters. The van der Waals surface area contributed by atoms with Crippen molar-refractivity contribution in [2.24, 2.45) is 0 Å². The highest BCUT2D eigenvalue weighted by molar-refractivity contribution is 6.35. The zero-order chi connectivity index (χ0) is 13.4. The van der Waals surface area contributed by atoms with Gasteiger partial charge < -0.3 is 10.5 Å². The largest absolute Gasteiger partial charge is 0.396 e. The van der Waals surface area contributed by atoms with Gasteiger partial charge in [0.2, 0.25) is 0 Å². The first kappa shape index (κ1) is 12.8. The fourth-order valence-electron chi connectivity index (χ4n) is 2.26. The number of nitrogens with zero attached hydrogens (tertiary/aromatic N) is 2. The molecule has 6 heteroatoms. The smallest absolute Gasteiger partial charge is 0.0912 e. The van der Waals surface area contributed by atoms with E-state index in [2.05, 4.69) is 5.10 Å². The van der Waals surface area contributed by atoms with Gasteiger partial charge in [0.05, 0.1) is 34.9 Å². The van der Waals surface area contributed by atoms with E-state index >= 15 is 0 Å². The Balaban J connectivity index is 1.99. The lowest BCUT2D eigenvalue weighted by atomic mass is 10.0. The minimum atomic E-state index is 0.271. The summed E-state index contributed by atoms with van der Waals surface area (Å²) in [4.78, 5) is 0. The van der Waals surface area contributed by atoms with Crippen molar-refractivity contribution < 1.29 is 4.74 Å². The van der Waals surface area contributed by atoms with E-state index in [1.807, 2.05) is 6.07 Å². The molecule has 0 bridgehead atoms. The molecule has 0 aliphatic carbocycles. The quantitative estimate of drug-likeness (QED) is 0.925. The Labute approximate surface area is 121 Å². The van der Waals surface area contributed by atoms with Crippen LogP contribution in [0.5, 0.6) is 0 Å². The summed E-state index contributed by atoms with van der Waals surface area (Å²) in [6.45, 7) is 1.44. The number of anilines is 1. The molecular weight excluding hydrogens is 285 g/mol. The Bertz CT molecular complexity index is 606. The number of nitrogen functional groups attached to an aromatic ring is 1. The van der Waals surface area contributed by atoms with E-state index in [1.165, 1.54) is 0 Å². The van der Waals surface area contributed by atoms with Crippen molar-refractivity contribution in [2.45, 2.75) is 12.3 Å². The number of rotatable bonds is 2. The summed E-state index contributed by atoms with van der Waals surface area (Å²) in [6, 6.07) is 5.29. The van der Waals surface area contributed by atoms with E-state index in [-0.39, 0.29) is 5.92 Å². The normalized spacial score (nSPS) is 18.9. The van der Waals surface area contributed by atoms with Gasteiger partial charge in [0.1, 0.15) is 0 Å². The lowest BCUT2D eigenvalue weighted by Crippen LogP contribution is -2.03. The molecule has 100 valence electrons. The molecule has 0 saturated carbocycles. The summed E-state index contributed by atoms with van der Waals surface area (Å²) in [7, 11) is 0. The molecule has 4 nitrogen and oxygen atoms in total. The maximum atomic E-state index is 6.17. The van der Waals surface area contributed by atoms with Gasteiger partial charge in [0.25, 0.3) is 0 Å².